The number of likely N-dealkylation sites (tertiary alicyclic amines) is 1. The van der Waals surface area contributed by atoms with Gasteiger partial charge in [0.2, 0.25) is 0 Å². The molecule has 1 unspecified atom stereocenters. The van der Waals surface area contributed by atoms with Gasteiger partial charge in [0.05, 0.1) is 4.92 Å². The van der Waals surface area contributed by atoms with Gasteiger partial charge in [-0.1, -0.05) is 6.07 Å². The molecule has 2 rings (SSSR count). The summed E-state index contributed by atoms with van der Waals surface area (Å²) >= 11 is 0. The van der Waals surface area contributed by atoms with Crippen molar-refractivity contribution >= 4 is 17.5 Å². The number of amides is 1. The minimum absolute atomic E-state index is 0.0346. The van der Waals surface area contributed by atoms with E-state index in [1.54, 1.807) is 17.0 Å². The fourth-order valence-corrected chi connectivity index (χ4v) is 2.72. The Balaban J connectivity index is 2.06. The molecule has 1 fully saturated rings. The Morgan fingerprint density at radius 1 is 1.42 bits per heavy atom. The van der Waals surface area contributed by atoms with Gasteiger partial charge in [0.15, 0.2) is 0 Å². The zero-order valence-corrected chi connectivity index (χ0v) is 14.7. The smallest absolute Gasteiger partial charge is 0.410 e. The molecular weight excluding hydrogens is 310 g/mol. The zero-order chi connectivity index (χ0) is 17.9. The SMILES string of the molecule is Cc1ccc(NC2CCCN(C(=O)OC(C)(C)C)C2)c([N+](=O)[O-])c1. The van der Waals surface area contributed by atoms with Crippen LogP contribution in [-0.4, -0.2) is 40.6 Å². The van der Waals surface area contributed by atoms with Crippen molar-refractivity contribution in [1.29, 1.82) is 0 Å². The van der Waals surface area contributed by atoms with Crippen molar-refractivity contribution in [1.82, 2.24) is 4.90 Å². The van der Waals surface area contributed by atoms with Gasteiger partial charge in [0.1, 0.15) is 11.3 Å². The molecule has 1 aromatic carbocycles. The topological polar surface area (TPSA) is 84.7 Å². The van der Waals surface area contributed by atoms with Gasteiger partial charge in [0.25, 0.3) is 5.69 Å². The highest BCUT2D eigenvalue weighted by Gasteiger charge is 2.28. The van der Waals surface area contributed by atoms with E-state index in [2.05, 4.69) is 5.32 Å². The molecule has 24 heavy (non-hydrogen) atoms. The molecule has 132 valence electrons. The van der Waals surface area contributed by atoms with Crippen LogP contribution in [0.2, 0.25) is 0 Å². The molecule has 1 aliphatic rings. The molecule has 0 spiro atoms. The summed E-state index contributed by atoms with van der Waals surface area (Å²) < 4.78 is 5.40. The molecule has 7 heteroatoms. The van der Waals surface area contributed by atoms with Gasteiger partial charge >= 0.3 is 6.09 Å². The van der Waals surface area contributed by atoms with E-state index in [1.807, 2.05) is 33.8 Å². The molecule has 0 aromatic heterocycles. The second kappa shape index (κ2) is 7.07. The first-order chi connectivity index (χ1) is 11.2. The van der Waals surface area contributed by atoms with Crippen molar-refractivity contribution < 1.29 is 14.5 Å². The van der Waals surface area contributed by atoms with E-state index in [9.17, 15) is 14.9 Å². The molecule has 1 N–H and O–H groups in total. The quantitative estimate of drug-likeness (QED) is 0.672. The molecule has 0 saturated carbocycles. The number of rotatable bonds is 3. The summed E-state index contributed by atoms with van der Waals surface area (Å²) in [6, 6.07) is 5.08. The van der Waals surface area contributed by atoms with E-state index >= 15 is 0 Å². The fraction of sp³-hybridized carbons (Fsp3) is 0.588. The van der Waals surface area contributed by atoms with Crippen LogP contribution in [-0.2, 0) is 4.74 Å². The molecule has 7 nitrogen and oxygen atoms in total. The van der Waals surface area contributed by atoms with Crippen molar-refractivity contribution in [3.05, 3.63) is 33.9 Å². The lowest BCUT2D eigenvalue weighted by Crippen LogP contribution is -2.47. The van der Waals surface area contributed by atoms with Gasteiger partial charge in [-0.2, -0.15) is 0 Å². The van der Waals surface area contributed by atoms with Crippen molar-refractivity contribution in [2.75, 3.05) is 18.4 Å². The number of hydrogen-bond donors (Lipinski definition) is 1. The van der Waals surface area contributed by atoms with E-state index < -0.39 is 5.60 Å². The molecule has 1 aromatic rings. The minimum Gasteiger partial charge on any atom is -0.444 e. The molecule has 1 atom stereocenters. The van der Waals surface area contributed by atoms with E-state index in [4.69, 9.17) is 4.74 Å². The Bertz CT molecular complexity index is 625. The first-order valence-corrected chi connectivity index (χ1v) is 8.15. The summed E-state index contributed by atoms with van der Waals surface area (Å²) in [4.78, 5) is 24.7. The number of piperidine rings is 1. The standard InChI is InChI=1S/C17H25N3O4/c1-12-7-8-14(15(10-12)20(22)23)18-13-6-5-9-19(11-13)16(21)24-17(2,3)4/h7-8,10,13,18H,5-6,9,11H2,1-4H3. The number of nitro benzene ring substituents is 1. The van der Waals surface area contributed by atoms with E-state index in [0.29, 0.717) is 18.8 Å². The molecule has 1 saturated heterocycles. The summed E-state index contributed by atoms with van der Waals surface area (Å²) in [5.41, 5.74) is 0.852. The van der Waals surface area contributed by atoms with Crippen LogP contribution in [0.1, 0.15) is 39.2 Å². The summed E-state index contributed by atoms with van der Waals surface area (Å²) in [6.45, 7) is 8.44. The Morgan fingerprint density at radius 3 is 2.75 bits per heavy atom. The third-order valence-electron chi connectivity index (χ3n) is 3.78. The van der Waals surface area contributed by atoms with Crippen LogP contribution in [0, 0.1) is 17.0 Å². The Morgan fingerprint density at radius 2 is 2.12 bits per heavy atom. The number of hydrogen-bond acceptors (Lipinski definition) is 5. The Hall–Kier alpha value is -2.31. The highest BCUT2D eigenvalue weighted by molar-refractivity contribution is 5.69. The largest absolute Gasteiger partial charge is 0.444 e. The number of nitrogens with zero attached hydrogens (tertiary/aromatic N) is 2. The molecule has 0 aliphatic carbocycles. The minimum atomic E-state index is -0.535. The number of benzene rings is 1. The lowest BCUT2D eigenvalue weighted by molar-refractivity contribution is -0.384. The summed E-state index contributed by atoms with van der Waals surface area (Å²) in [5.74, 6) is 0. The van der Waals surface area contributed by atoms with E-state index in [1.165, 1.54) is 0 Å². The number of carbonyl (C=O) groups is 1. The Labute approximate surface area is 142 Å². The van der Waals surface area contributed by atoms with Crippen LogP contribution in [0.3, 0.4) is 0 Å². The number of anilines is 1. The predicted molar refractivity (Wildman–Crippen MR) is 92.3 cm³/mol. The third-order valence-corrected chi connectivity index (χ3v) is 3.78. The van der Waals surface area contributed by atoms with E-state index in [-0.39, 0.29) is 22.7 Å². The molecular formula is C17H25N3O4. The van der Waals surface area contributed by atoms with Gasteiger partial charge in [-0.3, -0.25) is 10.1 Å². The second-order valence-electron chi connectivity index (χ2n) is 7.19. The van der Waals surface area contributed by atoms with Gasteiger partial charge in [-0.05, 0) is 52.2 Å². The summed E-state index contributed by atoms with van der Waals surface area (Å²) in [6.07, 6.45) is 1.34. The van der Waals surface area contributed by atoms with Crippen LogP contribution < -0.4 is 5.32 Å². The predicted octanol–water partition coefficient (Wildman–Crippen LogP) is 3.71. The van der Waals surface area contributed by atoms with Crippen LogP contribution in [0.25, 0.3) is 0 Å². The van der Waals surface area contributed by atoms with E-state index in [0.717, 1.165) is 18.4 Å². The first-order valence-electron chi connectivity index (χ1n) is 8.15. The normalized spacial score (nSPS) is 18.2. The number of carbonyl (C=O) groups excluding carboxylic acids is 1. The van der Waals surface area contributed by atoms with Crippen molar-refractivity contribution in [2.45, 2.75) is 52.2 Å². The van der Waals surface area contributed by atoms with Crippen LogP contribution in [0.15, 0.2) is 18.2 Å². The lowest BCUT2D eigenvalue weighted by Gasteiger charge is -2.34. The highest BCUT2D eigenvalue weighted by Crippen LogP contribution is 2.27. The van der Waals surface area contributed by atoms with Crippen molar-refractivity contribution in [3.8, 4) is 0 Å². The fourth-order valence-electron chi connectivity index (χ4n) is 2.72. The average Bonchev–Trinajstić information content (AvgIpc) is 2.47. The zero-order valence-electron chi connectivity index (χ0n) is 14.7. The van der Waals surface area contributed by atoms with Crippen LogP contribution >= 0.6 is 0 Å². The summed E-state index contributed by atoms with van der Waals surface area (Å²) in [7, 11) is 0. The average molecular weight is 335 g/mol. The molecule has 1 heterocycles. The number of ether oxygens (including phenoxy) is 1. The van der Waals surface area contributed by atoms with Crippen LogP contribution in [0.5, 0.6) is 0 Å². The molecule has 0 radical (unpaired) electrons. The maximum Gasteiger partial charge on any atom is 0.410 e. The van der Waals surface area contributed by atoms with Crippen molar-refractivity contribution in [2.24, 2.45) is 0 Å². The monoisotopic (exact) mass is 335 g/mol. The van der Waals surface area contributed by atoms with Gasteiger partial charge in [-0.15, -0.1) is 0 Å². The Kier molecular flexibility index (Phi) is 5.31. The number of aryl methyl sites for hydroxylation is 1. The summed E-state index contributed by atoms with van der Waals surface area (Å²) in [5, 5.41) is 14.4. The third kappa shape index (κ3) is 4.84. The van der Waals surface area contributed by atoms with Crippen molar-refractivity contribution in [3.63, 3.8) is 0 Å². The van der Waals surface area contributed by atoms with Gasteiger partial charge < -0.3 is 15.0 Å². The number of nitrogens with one attached hydrogen (secondary N) is 1. The maximum absolute atomic E-state index is 12.2. The van der Waals surface area contributed by atoms with Gasteiger partial charge in [-0.25, -0.2) is 4.79 Å². The number of nitro groups is 1. The molecule has 0 bridgehead atoms. The maximum atomic E-state index is 12.2. The van der Waals surface area contributed by atoms with Gasteiger partial charge in [0, 0.05) is 25.2 Å². The highest BCUT2D eigenvalue weighted by atomic mass is 16.6. The second-order valence-corrected chi connectivity index (χ2v) is 7.19. The lowest BCUT2D eigenvalue weighted by atomic mass is 10.1. The first kappa shape index (κ1) is 18.0. The molecule has 1 amide bonds. The molecule has 1 aliphatic heterocycles. The van der Waals surface area contributed by atoms with Crippen LogP contribution in [0.4, 0.5) is 16.2 Å².